The van der Waals surface area contributed by atoms with E-state index in [9.17, 15) is 30.3 Å². The van der Waals surface area contributed by atoms with Gasteiger partial charge in [0, 0.05) is 42.7 Å². The first-order chi connectivity index (χ1) is 12.9. The standard InChI is InChI=1S/3C6H4NO2.2ClH.Sb/c3*8-7(9)6-4-2-1-3-5-6;;;/h3*2-5H;2*1H;/p-2. The van der Waals surface area contributed by atoms with Gasteiger partial charge in [0.05, 0.1) is 34.0 Å². The topological polar surface area (TPSA) is 129 Å². The predicted molar refractivity (Wildman–Crippen MR) is 102 cm³/mol. The molecule has 0 amide bonds. The van der Waals surface area contributed by atoms with Gasteiger partial charge in [0.2, 0.25) is 0 Å². The summed E-state index contributed by atoms with van der Waals surface area (Å²) in [5.41, 5.74) is 8.37. The van der Waals surface area contributed by atoms with Gasteiger partial charge in [0.25, 0.3) is 17.1 Å². The Kier molecular flexibility index (Phi) is 19.7. The van der Waals surface area contributed by atoms with E-state index in [1.165, 1.54) is 73.9 Å². The van der Waals surface area contributed by atoms with Crippen molar-refractivity contribution in [3.8, 4) is 0 Å². The van der Waals surface area contributed by atoms with Crippen LogP contribution in [0.5, 0.6) is 0 Å². The zero-order valence-corrected chi connectivity index (χ0v) is 19.0. The van der Waals surface area contributed by atoms with Gasteiger partial charge in [-0.3, -0.25) is 30.3 Å². The van der Waals surface area contributed by atoms with Crippen molar-refractivity contribution in [2.45, 2.75) is 0 Å². The molecule has 0 unspecified atom stereocenters. The van der Waals surface area contributed by atoms with Crippen LogP contribution in [0.3, 0.4) is 0 Å². The van der Waals surface area contributed by atoms with Crippen LogP contribution in [0.2, 0.25) is 0 Å². The molecule has 0 fully saturated rings. The third-order valence-corrected chi connectivity index (χ3v) is 2.73. The zero-order chi connectivity index (χ0) is 20.1. The molecular weight excluding hydrogens is 547 g/mol. The molecule has 0 aromatic carbocycles. The van der Waals surface area contributed by atoms with Crippen molar-refractivity contribution in [2.75, 3.05) is 0 Å². The van der Waals surface area contributed by atoms with Gasteiger partial charge in [-0.05, 0) is 36.5 Å². The molecule has 156 valence electrons. The van der Waals surface area contributed by atoms with Crippen LogP contribution in [-0.4, -0.2) is 39.2 Å². The zero-order valence-electron chi connectivity index (χ0n) is 14.9. The molecule has 0 aromatic rings. The number of hydrogen-bond donors (Lipinski definition) is 0. The van der Waals surface area contributed by atoms with Crippen molar-refractivity contribution in [3.63, 3.8) is 0 Å². The maximum Gasteiger partial charge on any atom is 0.255 e. The van der Waals surface area contributed by atoms with Gasteiger partial charge in [0.1, 0.15) is 0 Å². The molecule has 30 heavy (non-hydrogen) atoms. The fraction of sp³-hybridized carbons (Fsp3) is 0. The van der Waals surface area contributed by atoms with Crippen LogP contribution in [0.1, 0.15) is 0 Å². The van der Waals surface area contributed by atoms with E-state index in [1.807, 2.05) is 0 Å². The van der Waals surface area contributed by atoms with Gasteiger partial charge < -0.3 is 24.8 Å². The van der Waals surface area contributed by atoms with Gasteiger partial charge in [-0.1, -0.05) is 0 Å². The number of rotatable bonds is 3. The van der Waals surface area contributed by atoms with Gasteiger partial charge in [-0.2, -0.15) is 0 Å². The third-order valence-electron chi connectivity index (χ3n) is 2.73. The Bertz CT molecular complexity index is 799. The van der Waals surface area contributed by atoms with E-state index in [0.29, 0.717) is 0 Å². The normalized spacial score (nSPS) is 13.8. The molecule has 0 heterocycles. The molecule has 0 saturated carbocycles. The van der Waals surface area contributed by atoms with Crippen LogP contribution in [0.4, 0.5) is 0 Å². The van der Waals surface area contributed by atoms with E-state index in [-0.39, 0.29) is 66.3 Å². The van der Waals surface area contributed by atoms with Crippen LogP contribution < -0.4 is 24.8 Å². The number of halogens is 2. The van der Waals surface area contributed by atoms with Crippen molar-refractivity contribution in [3.05, 3.63) is 139 Å². The Morgan fingerprint density at radius 2 is 0.767 bits per heavy atom. The molecule has 0 bridgehead atoms. The second-order valence-corrected chi connectivity index (χ2v) is 4.55. The van der Waals surface area contributed by atoms with E-state index >= 15 is 0 Å². The fourth-order valence-corrected chi connectivity index (χ4v) is 1.50. The van der Waals surface area contributed by atoms with Crippen molar-refractivity contribution >= 4 is 24.4 Å². The minimum absolute atomic E-state index is 0. The van der Waals surface area contributed by atoms with Crippen LogP contribution >= 0.6 is 0 Å². The van der Waals surface area contributed by atoms with Gasteiger partial charge >= 0.3 is 0 Å². The summed E-state index contributed by atoms with van der Waals surface area (Å²) in [5, 5.41) is 30.0. The summed E-state index contributed by atoms with van der Waals surface area (Å²) in [5.74, 6) is 0. The van der Waals surface area contributed by atoms with Gasteiger partial charge in [0.15, 0.2) is 0 Å². The summed E-state index contributed by atoms with van der Waals surface area (Å²) in [6.07, 6.45) is 17.5. The molecule has 3 aliphatic rings. The average Bonchev–Trinajstić information content (AvgIpc) is 2.71. The van der Waals surface area contributed by atoms with E-state index in [4.69, 9.17) is 0 Å². The summed E-state index contributed by atoms with van der Waals surface area (Å²) in [4.78, 5) is 28.7. The fourth-order valence-electron chi connectivity index (χ4n) is 1.50. The summed E-state index contributed by atoms with van der Waals surface area (Å²) >= 11 is 0. The first-order valence-corrected chi connectivity index (χ1v) is 7.23. The summed E-state index contributed by atoms with van der Waals surface area (Å²) < 4.78 is 0. The van der Waals surface area contributed by atoms with Crippen LogP contribution in [-0.2, 0) is 0 Å². The third kappa shape index (κ3) is 13.5. The Hall–Kier alpha value is -2.62. The SMILES string of the molecule is O=[N+]([O-])C1=CC=C=C[CH]1.O=[N+]([O-])C1=CC=C=C[CH]1.O=[N+]([O-])C1=CC=C=C[CH]1.[Cl-].[Cl-].[Sb]. The smallest absolute Gasteiger partial charge is 0.255 e. The minimum atomic E-state index is -0.437. The van der Waals surface area contributed by atoms with E-state index < -0.39 is 14.8 Å². The summed E-state index contributed by atoms with van der Waals surface area (Å²) in [6.45, 7) is 0. The maximum atomic E-state index is 9.99. The van der Waals surface area contributed by atoms with Crippen LogP contribution in [0, 0.1) is 49.6 Å². The first kappa shape index (κ1) is 32.1. The molecule has 0 spiro atoms. The molecule has 6 radical (unpaired) electrons. The molecule has 0 saturated heterocycles. The molecule has 3 rings (SSSR count). The maximum absolute atomic E-state index is 9.99. The molecule has 0 N–H and O–H groups in total. The molecule has 12 heteroatoms. The number of nitrogens with zero attached hydrogens (tertiary/aromatic N) is 3. The largest absolute Gasteiger partial charge is 1.00 e. The molecular formula is C18H12Cl2N3O6Sb-2. The molecule has 0 aliphatic heterocycles. The molecule has 0 atom stereocenters. The number of hydrogen-bond acceptors (Lipinski definition) is 6. The first-order valence-electron chi connectivity index (χ1n) is 7.23. The summed E-state index contributed by atoms with van der Waals surface area (Å²) in [7, 11) is 0. The van der Waals surface area contributed by atoms with Crippen LogP contribution in [0.25, 0.3) is 0 Å². The molecule has 9 nitrogen and oxygen atoms in total. The van der Waals surface area contributed by atoms with Crippen molar-refractivity contribution < 1.29 is 39.6 Å². The van der Waals surface area contributed by atoms with E-state index in [0.717, 1.165) is 0 Å². The molecule has 3 aliphatic carbocycles. The van der Waals surface area contributed by atoms with Gasteiger partial charge in [-0.15, -0.1) is 17.2 Å². The minimum Gasteiger partial charge on any atom is -1.00 e. The van der Waals surface area contributed by atoms with Crippen molar-refractivity contribution in [1.29, 1.82) is 0 Å². The Morgan fingerprint density at radius 3 is 0.867 bits per heavy atom. The number of nitro groups is 3. The van der Waals surface area contributed by atoms with Crippen molar-refractivity contribution in [2.24, 2.45) is 0 Å². The average molecular weight is 559 g/mol. The molecule has 0 aromatic heterocycles. The Labute approximate surface area is 202 Å². The monoisotopic (exact) mass is 557 g/mol. The van der Waals surface area contributed by atoms with Crippen molar-refractivity contribution in [1.82, 2.24) is 0 Å². The quantitative estimate of drug-likeness (QED) is 0.156. The second-order valence-electron chi connectivity index (χ2n) is 4.55. The van der Waals surface area contributed by atoms with E-state index in [1.54, 1.807) is 0 Å². The van der Waals surface area contributed by atoms with E-state index in [2.05, 4.69) is 17.2 Å². The number of allylic oxidation sites excluding steroid dienone is 6. The summed E-state index contributed by atoms with van der Waals surface area (Å²) in [6, 6.07) is 0. The Balaban J connectivity index is -0.000000347. The second kappa shape index (κ2) is 18.4. The van der Waals surface area contributed by atoms with Gasteiger partial charge in [-0.25, -0.2) is 0 Å². The predicted octanol–water partition coefficient (Wildman–Crippen LogP) is -3.14. The van der Waals surface area contributed by atoms with Crippen LogP contribution in [0.15, 0.2) is 89.0 Å². The Morgan fingerprint density at radius 1 is 0.533 bits per heavy atom.